The van der Waals surface area contributed by atoms with Gasteiger partial charge in [0.15, 0.2) is 0 Å². The van der Waals surface area contributed by atoms with Crippen LogP contribution in [0.5, 0.6) is 0 Å². The van der Waals surface area contributed by atoms with E-state index in [9.17, 15) is 9.59 Å². The van der Waals surface area contributed by atoms with Crippen molar-refractivity contribution in [3.05, 3.63) is 52.9 Å². The topological polar surface area (TPSA) is 139 Å². The van der Waals surface area contributed by atoms with Crippen LogP contribution in [0.15, 0.2) is 34.9 Å². The van der Waals surface area contributed by atoms with Crippen molar-refractivity contribution in [1.29, 1.82) is 0 Å². The molecular formula is C27H35N5O4. The van der Waals surface area contributed by atoms with E-state index in [4.69, 9.17) is 20.7 Å². The number of hydrogen-bond acceptors (Lipinski definition) is 7. The first kappa shape index (κ1) is 25.6. The summed E-state index contributed by atoms with van der Waals surface area (Å²) in [6, 6.07) is 9.31. The van der Waals surface area contributed by atoms with Gasteiger partial charge in [-0.3, -0.25) is 9.59 Å². The quantitative estimate of drug-likeness (QED) is 0.436. The van der Waals surface area contributed by atoms with Crippen LogP contribution in [0.2, 0.25) is 0 Å². The highest BCUT2D eigenvalue weighted by Gasteiger charge is 2.35. The number of ether oxygens (including phenoxy) is 1. The number of carbonyl (C=O) groups excluding carboxylic acids is 2. The second kappa shape index (κ2) is 10.3. The van der Waals surface area contributed by atoms with Crippen molar-refractivity contribution >= 4 is 17.5 Å². The van der Waals surface area contributed by atoms with Gasteiger partial charge < -0.3 is 20.7 Å². The van der Waals surface area contributed by atoms with Crippen LogP contribution in [0.1, 0.15) is 74.0 Å². The Hall–Kier alpha value is -3.46. The fraction of sp³-hybridized carbons (Fsp3) is 0.481. The zero-order valence-corrected chi connectivity index (χ0v) is 21.4. The highest BCUT2D eigenvalue weighted by molar-refractivity contribution is 6.03. The second-order valence-electron chi connectivity index (χ2n) is 10.7. The maximum atomic E-state index is 12.6. The molecule has 4 N–H and O–H groups in total. The van der Waals surface area contributed by atoms with Crippen LogP contribution in [0.3, 0.4) is 0 Å². The fourth-order valence-electron chi connectivity index (χ4n) is 4.61. The van der Waals surface area contributed by atoms with Crippen molar-refractivity contribution in [2.24, 2.45) is 11.1 Å². The minimum Gasteiger partial charge on any atom is -0.383 e. The lowest BCUT2D eigenvalue weighted by Gasteiger charge is -2.35. The maximum Gasteiger partial charge on any atom is 0.254 e. The molecule has 4 rings (SSSR count). The van der Waals surface area contributed by atoms with Crippen molar-refractivity contribution in [1.82, 2.24) is 14.9 Å². The van der Waals surface area contributed by atoms with Crippen LogP contribution >= 0.6 is 0 Å². The molecule has 0 atom stereocenters. The molecular weight excluding hydrogens is 458 g/mol. The van der Waals surface area contributed by atoms with E-state index in [0.717, 1.165) is 30.5 Å². The minimum atomic E-state index is -0.619. The third-order valence-electron chi connectivity index (χ3n) is 6.33. The lowest BCUT2D eigenvalue weighted by Crippen LogP contribution is -2.34. The van der Waals surface area contributed by atoms with Crippen LogP contribution in [0.25, 0.3) is 11.3 Å². The molecule has 0 unspecified atom stereocenters. The molecule has 0 saturated heterocycles. The molecule has 192 valence electrons. The van der Waals surface area contributed by atoms with Gasteiger partial charge in [0.25, 0.3) is 5.91 Å². The molecule has 1 aliphatic rings. The highest BCUT2D eigenvalue weighted by atomic mass is 16.5. The lowest BCUT2D eigenvalue weighted by molar-refractivity contribution is -0.118. The Bertz CT molecular complexity index is 1230. The predicted molar refractivity (Wildman–Crippen MR) is 136 cm³/mol. The molecule has 0 aliphatic heterocycles. The molecule has 2 aromatic heterocycles. The van der Waals surface area contributed by atoms with Crippen LogP contribution in [-0.2, 0) is 28.8 Å². The molecule has 0 bridgehead atoms. The van der Waals surface area contributed by atoms with Crippen LogP contribution in [0.4, 0.5) is 5.82 Å². The second-order valence-corrected chi connectivity index (χ2v) is 10.7. The Balaban J connectivity index is 1.43. The number of hydrogen-bond donors (Lipinski definition) is 2. The average molecular weight is 494 g/mol. The van der Waals surface area contributed by atoms with Crippen molar-refractivity contribution in [3.63, 3.8) is 0 Å². The van der Waals surface area contributed by atoms with Gasteiger partial charge in [-0.2, -0.15) is 5.10 Å². The summed E-state index contributed by atoms with van der Waals surface area (Å²) in [6.45, 7) is 9.02. The lowest BCUT2D eigenvalue weighted by atomic mass is 9.89. The molecule has 1 aliphatic carbocycles. The van der Waals surface area contributed by atoms with Gasteiger partial charge >= 0.3 is 0 Å². The smallest absolute Gasteiger partial charge is 0.254 e. The first-order chi connectivity index (χ1) is 17.0. The summed E-state index contributed by atoms with van der Waals surface area (Å²) in [5, 5.41) is 8.72. The number of aromatic nitrogens is 3. The first-order valence-corrected chi connectivity index (χ1v) is 12.4. The number of anilines is 1. The number of nitrogens with zero attached hydrogens (tertiary/aromatic N) is 3. The Morgan fingerprint density at radius 1 is 1.17 bits per heavy atom. The van der Waals surface area contributed by atoms with E-state index < -0.39 is 5.91 Å². The Morgan fingerprint density at radius 2 is 1.86 bits per heavy atom. The van der Waals surface area contributed by atoms with Crippen molar-refractivity contribution in [2.75, 3.05) is 12.3 Å². The summed E-state index contributed by atoms with van der Waals surface area (Å²) in [4.78, 5) is 24.8. The standard InChI is InChI=1S/C27H35N5O4/c1-5-35-21-12-19(13-21)32-25(28)23(26(29)34)24(30-32)17-8-6-16(7-9-17)10-20(33)14-22-11-18(31-36-22)15-27(2,3)4/h6-9,11,19,21H,5,10,12-15,28H2,1-4H3,(H2,29,34). The molecule has 1 saturated carbocycles. The number of Topliss-reactive ketones (excluding diaryl/α,β-unsaturated/α-hetero) is 1. The molecule has 0 spiro atoms. The number of nitrogen functional groups attached to an aromatic ring is 1. The predicted octanol–water partition coefficient (Wildman–Crippen LogP) is 3.90. The zero-order chi connectivity index (χ0) is 26.0. The van der Waals surface area contributed by atoms with Gasteiger partial charge in [0.1, 0.15) is 28.6 Å². The normalized spacial score (nSPS) is 17.7. The average Bonchev–Trinajstić information content (AvgIpc) is 3.33. The number of primary amides is 1. The van der Waals surface area contributed by atoms with E-state index in [1.54, 1.807) is 4.68 Å². The summed E-state index contributed by atoms with van der Waals surface area (Å²) >= 11 is 0. The fourth-order valence-corrected chi connectivity index (χ4v) is 4.61. The summed E-state index contributed by atoms with van der Waals surface area (Å²) in [6.07, 6.45) is 3.00. The van der Waals surface area contributed by atoms with Gasteiger partial charge in [0, 0.05) is 24.7 Å². The van der Waals surface area contributed by atoms with Gasteiger partial charge in [-0.25, -0.2) is 4.68 Å². The number of rotatable bonds is 10. The van der Waals surface area contributed by atoms with Crippen LogP contribution in [-0.4, -0.2) is 39.3 Å². The van der Waals surface area contributed by atoms with Gasteiger partial charge in [0.2, 0.25) is 0 Å². The monoisotopic (exact) mass is 493 g/mol. The summed E-state index contributed by atoms with van der Waals surface area (Å²) in [5.41, 5.74) is 15.1. The third-order valence-corrected chi connectivity index (χ3v) is 6.33. The summed E-state index contributed by atoms with van der Waals surface area (Å²) < 4.78 is 12.7. The van der Waals surface area contributed by atoms with Gasteiger partial charge in [-0.15, -0.1) is 0 Å². The Kier molecular flexibility index (Phi) is 7.31. The number of carbonyl (C=O) groups is 2. The number of nitrogens with two attached hydrogens (primary N) is 2. The molecule has 1 aromatic carbocycles. The molecule has 36 heavy (non-hydrogen) atoms. The van der Waals surface area contributed by atoms with Crippen molar-refractivity contribution < 1.29 is 18.8 Å². The molecule has 0 radical (unpaired) electrons. The van der Waals surface area contributed by atoms with Gasteiger partial charge in [0.05, 0.1) is 24.3 Å². The Labute approximate surface area is 211 Å². The number of amides is 1. The molecule has 3 aromatic rings. The highest BCUT2D eigenvalue weighted by Crippen LogP contribution is 2.38. The van der Waals surface area contributed by atoms with Crippen LogP contribution in [0, 0.1) is 5.41 Å². The molecule has 9 nitrogen and oxygen atoms in total. The molecule has 9 heteroatoms. The van der Waals surface area contributed by atoms with Gasteiger partial charge in [-0.05, 0) is 37.2 Å². The van der Waals surface area contributed by atoms with Crippen molar-refractivity contribution in [3.8, 4) is 11.3 Å². The van der Waals surface area contributed by atoms with Crippen LogP contribution < -0.4 is 11.5 Å². The van der Waals surface area contributed by atoms with Gasteiger partial charge in [-0.1, -0.05) is 50.2 Å². The maximum absolute atomic E-state index is 12.6. The number of ketones is 1. The largest absolute Gasteiger partial charge is 0.383 e. The van der Waals surface area contributed by atoms with Crippen molar-refractivity contribution in [2.45, 2.75) is 71.9 Å². The third kappa shape index (κ3) is 5.84. The summed E-state index contributed by atoms with van der Waals surface area (Å²) in [5.74, 6) is 0.258. The number of benzene rings is 1. The minimum absolute atomic E-state index is 0.0291. The zero-order valence-electron chi connectivity index (χ0n) is 21.4. The van der Waals surface area contributed by atoms with E-state index in [1.165, 1.54) is 0 Å². The summed E-state index contributed by atoms with van der Waals surface area (Å²) in [7, 11) is 0. The van der Waals surface area contributed by atoms with E-state index in [1.807, 2.05) is 37.3 Å². The van der Waals surface area contributed by atoms with E-state index >= 15 is 0 Å². The Morgan fingerprint density at radius 3 is 2.47 bits per heavy atom. The SMILES string of the molecule is CCOC1CC(n2nc(-c3ccc(CC(=O)Cc4cc(CC(C)(C)C)no4)cc3)c(C(N)=O)c2N)C1. The molecule has 1 amide bonds. The molecule has 1 fully saturated rings. The van der Waals surface area contributed by atoms with E-state index in [0.29, 0.717) is 23.6 Å². The van der Waals surface area contributed by atoms with E-state index in [2.05, 4.69) is 31.0 Å². The molecule has 2 heterocycles. The first-order valence-electron chi connectivity index (χ1n) is 12.4. The van der Waals surface area contributed by atoms with E-state index in [-0.39, 0.29) is 47.6 Å².